The molecule has 134 valence electrons. The second-order valence-electron chi connectivity index (χ2n) is 7.23. The van der Waals surface area contributed by atoms with Crippen LogP contribution in [0.5, 0.6) is 5.75 Å². The maximum absolute atomic E-state index is 12.5. The van der Waals surface area contributed by atoms with Crippen LogP contribution in [0.4, 0.5) is 4.79 Å². The number of hydrogen-bond acceptors (Lipinski definition) is 4. The minimum absolute atomic E-state index is 0.0748. The van der Waals surface area contributed by atoms with Crippen molar-refractivity contribution in [2.45, 2.75) is 45.3 Å². The molecular weight excluding hydrogens is 318 g/mol. The van der Waals surface area contributed by atoms with Crippen LogP contribution in [-0.4, -0.2) is 40.2 Å². The van der Waals surface area contributed by atoms with Crippen molar-refractivity contribution in [3.63, 3.8) is 0 Å². The molecule has 6 heteroatoms. The first-order chi connectivity index (χ1) is 11.9. The lowest BCUT2D eigenvalue weighted by molar-refractivity contribution is 0.0219. The molecule has 1 aliphatic rings. The molecule has 2 heterocycles. The third-order valence-electron chi connectivity index (χ3n) is 4.16. The van der Waals surface area contributed by atoms with Crippen molar-refractivity contribution in [2.24, 2.45) is 0 Å². The van der Waals surface area contributed by atoms with Crippen molar-refractivity contribution in [2.75, 3.05) is 13.7 Å². The Morgan fingerprint density at radius 3 is 2.88 bits per heavy atom. The molecule has 1 saturated heterocycles. The summed E-state index contributed by atoms with van der Waals surface area (Å²) < 4.78 is 10.8. The molecule has 1 unspecified atom stereocenters. The number of methoxy groups -OCH3 is 1. The summed E-state index contributed by atoms with van der Waals surface area (Å²) in [5.74, 6) is 1.58. The summed E-state index contributed by atoms with van der Waals surface area (Å²) in [7, 11) is 1.65. The summed E-state index contributed by atoms with van der Waals surface area (Å²) in [4.78, 5) is 22.2. The minimum atomic E-state index is -0.501. The lowest BCUT2D eigenvalue weighted by Crippen LogP contribution is -2.36. The molecule has 1 N–H and O–H groups in total. The highest BCUT2D eigenvalue weighted by atomic mass is 16.6. The number of H-pyrrole nitrogens is 1. The predicted molar refractivity (Wildman–Crippen MR) is 95.5 cm³/mol. The molecular formula is C19H25N3O3. The largest absolute Gasteiger partial charge is 0.497 e. The standard InChI is InChI=1S/C19H25N3O3/c1-19(2,3)25-18(23)22-10-6-9-16(22)17-20-12-15(21-17)13-7-5-8-14(11-13)24-4/h5,7-8,11-12,16H,6,9-10H2,1-4H3,(H,20,21). The van der Waals surface area contributed by atoms with Crippen molar-refractivity contribution >= 4 is 6.09 Å². The van der Waals surface area contributed by atoms with Crippen molar-refractivity contribution < 1.29 is 14.3 Å². The van der Waals surface area contributed by atoms with Gasteiger partial charge >= 0.3 is 6.09 Å². The van der Waals surface area contributed by atoms with Gasteiger partial charge in [-0.05, 0) is 45.7 Å². The number of amides is 1. The minimum Gasteiger partial charge on any atom is -0.497 e. The van der Waals surface area contributed by atoms with Crippen LogP contribution in [0.3, 0.4) is 0 Å². The van der Waals surface area contributed by atoms with Gasteiger partial charge in [-0.3, -0.25) is 4.90 Å². The number of carbonyl (C=O) groups excluding carboxylic acids is 1. The van der Waals surface area contributed by atoms with E-state index in [-0.39, 0.29) is 12.1 Å². The van der Waals surface area contributed by atoms with Gasteiger partial charge < -0.3 is 14.5 Å². The van der Waals surface area contributed by atoms with Gasteiger partial charge in [0.1, 0.15) is 17.2 Å². The van der Waals surface area contributed by atoms with E-state index in [0.29, 0.717) is 6.54 Å². The first-order valence-electron chi connectivity index (χ1n) is 8.57. The van der Waals surface area contributed by atoms with E-state index in [9.17, 15) is 4.79 Å². The summed E-state index contributed by atoms with van der Waals surface area (Å²) in [6, 6.07) is 7.70. The molecule has 1 aliphatic heterocycles. The summed E-state index contributed by atoms with van der Waals surface area (Å²) in [5, 5.41) is 0. The molecule has 25 heavy (non-hydrogen) atoms. The third-order valence-corrected chi connectivity index (χ3v) is 4.16. The Bertz CT molecular complexity index is 748. The monoisotopic (exact) mass is 343 g/mol. The zero-order valence-corrected chi connectivity index (χ0v) is 15.2. The molecule has 0 bridgehead atoms. The van der Waals surface area contributed by atoms with E-state index < -0.39 is 5.60 Å². The van der Waals surface area contributed by atoms with Crippen LogP contribution in [0.15, 0.2) is 30.5 Å². The molecule has 1 amide bonds. The second kappa shape index (κ2) is 6.78. The van der Waals surface area contributed by atoms with Crippen LogP contribution in [0.25, 0.3) is 11.3 Å². The highest BCUT2D eigenvalue weighted by Crippen LogP contribution is 2.33. The Kier molecular flexibility index (Phi) is 4.70. The summed E-state index contributed by atoms with van der Waals surface area (Å²) >= 11 is 0. The molecule has 0 saturated carbocycles. The average Bonchev–Trinajstić information content (AvgIpc) is 3.22. The van der Waals surface area contributed by atoms with Gasteiger partial charge in [-0.2, -0.15) is 0 Å². The number of likely N-dealkylation sites (tertiary alicyclic amines) is 1. The van der Waals surface area contributed by atoms with Gasteiger partial charge in [0.2, 0.25) is 0 Å². The van der Waals surface area contributed by atoms with E-state index in [1.165, 1.54) is 0 Å². The molecule has 1 aromatic heterocycles. The van der Waals surface area contributed by atoms with Crippen LogP contribution in [-0.2, 0) is 4.74 Å². The number of nitrogens with one attached hydrogen (secondary N) is 1. The molecule has 1 aromatic carbocycles. The highest BCUT2D eigenvalue weighted by Gasteiger charge is 2.34. The summed E-state index contributed by atoms with van der Waals surface area (Å²) in [6.07, 6.45) is 3.41. The first kappa shape index (κ1) is 17.3. The third kappa shape index (κ3) is 3.95. The van der Waals surface area contributed by atoms with Crippen LogP contribution in [0.2, 0.25) is 0 Å². The number of aromatic nitrogens is 2. The molecule has 1 fully saturated rings. The van der Waals surface area contributed by atoms with E-state index in [4.69, 9.17) is 14.5 Å². The number of imidazole rings is 1. The number of ether oxygens (including phenoxy) is 2. The van der Waals surface area contributed by atoms with Crippen LogP contribution >= 0.6 is 0 Å². The maximum atomic E-state index is 12.5. The number of carbonyl (C=O) groups is 1. The average molecular weight is 343 g/mol. The summed E-state index contributed by atoms with van der Waals surface area (Å²) in [6.45, 7) is 6.33. The van der Waals surface area contributed by atoms with Gasteiger partial charge in [-0.15, -0.1) is 0 Å². The second-order valence-corrected chi connectivity index (χ2v) is 7.23. The molecule has 0 spiro atoms. The van der Waals surface area contributed by atoms with Gasteiger partial charge in [0.25, 0.3) is 0 Å². The van der Waals surface area contributed by atoms with Crippen molar-refractivity contribution in [3.8, 4) is 17.0 Å². The molecule has 1 atom stereocenters. The predicted octanol–water partition coefficient (Wildman–Crippen LogP) is 4.16. The fraction of sp³-hybridized carbons (Fsp3) is 0.474. The van der Waals surface area contributed by atoms with E-state index in [1.54, 1.807) is 12.0 Å². The normalized spacial score (nSPS) is 17.6. The Morgan fingerprint density at radius 2 is 2.16 bits per heavy atom. The highest BCUT2D eigenvalue weighted by molar-refractivity contribution is 5.69. The summed E-state index contributed by atoms with van der Waals surface area (Å²) in [5.41, 5.74) is 1.31. The fourth-order valence-electron chi connectivity index (χ4n) is 3.03. The van der Waals surface area contributed by atoms with Gasteiger partial charge in [0.05, 0.1) is 18.8 Å². The van der Waals surface area contributed by atoms with E-state index in [2.05, 4.69) is 4.98 Å². The van der Waals surface area contributed by atoms with Crippen LogP contribution < -0.4 is 4.74 Å². The number of nitrogens with zero attached hydrogens (tertiary/aromatic N) is 2. The van der Waals surface area contributed by atoms with Gasteiger partial charge in [-0.1, -0.05) is 12.1 Å². The maximum Gasteiger partial charge on any atom is 0.410 e. The molecule has 6 nitrogen and oxygen atoms in total. The fourth-order valence-corrected chi connectivity index (χ4v) is 3.03. The quantitative estimate of drug-likeness (QED) is 0.909. The molecule has 3 rings (SSSR count). The van der Waals surface area contributed by atoms with E-state index in [0.717, 1.165) is 35.7 Å². The van der Waals surface area contributed by atoms with Crippen LogP contribution in [0.1, 0.15) is 45.5 Å². The lowest BCUT2D eigenvalue weighted by atomic mass is 10.1. The Balaban J connectivity index is 1.80. The number of hydrogen-bond donors (Lipinski definition) is 1. The van der Waals surface area contributed by atoms with Gasteiger partial charge in [-0.25, -0.2) is 9.78 Å². The Hall–Kier alpha value is -2.50. The zero-order valence-electron chi connectivity index (χ0n) is 15.2. The first-order valence-corrected chi connectivity index (χ1v) is 8.57. The zero-order chi connectivity index (χ0) is 18.0. The van der Waals surface area contributed by atoms with E-state index in [1.807, 2.05) is 51.2 Å². The SMILES string of the molecule is COc1cccc(-c2c[nH]c(C3CCCN3C(=O)OC(C)(C)C)n2)c1. The smallest absolute Gasteiger partial charge is 0.410 e. The van der Waals surface area contributed by atoms with Crippen LogP contribution in [0, 0.1) is 0 Å². The Morgan fingerprint density at radius 1 is 1.36 bits per heavy atom. The van der Waals surface area contributed by atoms with E-state index >= 15 is 0 Å². The number of rotatable bonds is 3. The molecule has 0 aliphatic carbocycles. The van der Waals surface area contributed by atoms with Crippen molar-refractivity contribution in [1.29, 1.82) is 0 Å². The van der Waals surface area contributed by atoms with Gasteiger partial charge in [0.15, 0.2) is 0 Å². The number of aromatic amines is 1. The lowest BCUT2D eigenvalue weighted by Gasteiger charge is -2.27. The number of benzene rings is 1. The van der Waals surface area contributed by atoms with Crippen molar-refractivity contribution in [3.05, 3.63) is 36.3 Å². The molecule has 2 aromatic rings. The van der Waals surface area contributed by atoms with Gasteiger partial charge in [0, 0.05) is 18.3 Å². The molecule has 0 radical (unpaired) electrons. The topological polar surface area (TPSA) is 67.5 Å². The Labute approximate surface area is 148 Å². The van der Waals surface area contributed by atoms with Crippen molar-refractivity contribution in [1.82, 2.24) is 14.9 Å².